The SMILES string of the molecule is OCCN1CCN(c2[c]cc(O)cc2)CC1. The summed E-state index contributed by atoms with van der Waals surface area (Å²) in [5.74, 6) is 0.252. The number of hydrogen-bond donors (Lipinski definition) is 2. The van der Waals surface area contributed by atoms with Crippen molar-refractivity contribution in [1.82, 2.24) is 4.90 Å². The molecule has 0 amide bonds. The molecule has 2 rings (SSSR count). The molecule has 0 aromatic heterocycles. The Hall–Kier alpha value is -1.26. The van der Waals surface area contributed by atoms with Crippen LogP contribution in [0.2, 0.25) is 0 Å². The first-order valence-electron chi connectivity index (χ1n) is 5.58. The topological polar surface area (TPSA) is 46.9 Å². The Morgan fingerprint density at radius 3 is 2.50 bits per heavy atom. The molecule has 0 saturated carbocycles. The van der Waals surface area contributed by atoms with Crippen LogP contribution >= 0.6 is 0 Å². The van der Waals surface area contributed by atoms with Crippen LogP contribution in [-0.2, 0) is 0 Å². The summed E-state index contributed by atoms with van der Waals surface area (Å²) in [5.41, 5.74) is 1.03. The lowest BCUT2D eigenvalue weighted by molar-refractivity contribution is 0.189. The summed E-state index contributed by atoms with van der Waals surface area (Å²) >= 11 is 0. The van der Waals surface area contributed by atoms with Crippen molar-refractivity contribution in [3.05, 3.63) is 24.3 Å². The van der Waals surface area contributed by atoms with Gasteiger partial charge in [0.15, 0.2) is 0 Å². The third-order valence-corrected chi connectivity index (χ3v) is 2.91. The number of anilines is 1. The van der Waals surface area contributed by atoms with Gasteiger partial charge >= 0.3 is 0 Å². The highest BCUT2D eigenvalue weighted by atomic mass is 16.3. The summed E-state index contributed by atoms with van der Waals surface area (Å²) < 4.78 is 0. The van der Waals surface area contributed by atoms with Gasteiger partial charge in [-0.2, -0.15) is 0 Å². The van der Waals surface area contributed by atoms with Gasteiger partial charge in [-0.05, 0) is 18.2 Å². The quantitative estimate of drug-likeness (QED) is 0.771. The molecule has 4 heteroatoms. The molecule has 1 aliphatic heterocycles. The van der Waals surface area contributed by atoms with Crippen LogP contribution < -0.4 is 4.90 Å². The molecule has 1 saturated heterocycles. The minimum atomic E-state index is 0.228. The number of benzene rings is 1. The first-order valence-corrected chi connectivity index (χ1v) is 5.58. The number of aliphatic hydroxyl groups is 1. The highest BCUT2D eigenvalue weighted by molar-refractivity contribution is 5.48. The second-order valence-corrected chi connectivity index (χ2v) is 3.98. The number of β-amino-alcohol motifs (C(OH)–C–C–N with tert-alkyl or cyclic N) is 1. The van der Waals surface area contributed by atoms with E-state index in [-0.39, 0.29) is 12.4 Å². The number of nitrogens with zero attached hydrogens (tertiary/aromatic N) is 2. The molecular formula is C12H17N2O2. The predicted octanol–water partition coefficient (Wildman–Crippen LogP) is 0.307. The van der Waals surface area contributed by atoms with Crippen LogP contribution in [0.5, 0.6) is 5.75 Å². The van der Waals surface area contributed by atoms with Crippen molar-refractivity contribution < 1.29 is 10.2 Å². The maximum absolute atomic E-state index is 9.18. The van der Waals surface area contributed by atoms with E-state index in [0.717, 1.165) is 38.4 Å². The molecule has 0 bridgehead atoms. The fourth-order valence-electron chi connectivity index (χ4n) is 1.96. The van der Waals surface area contributed by atoms with Gasteiger partial charge in [-0.15, -0.1) is 0 Å². The number of phenols is 1. The molecule has 2 N–H and O–H groups in total. The van der Waals surface area contributed by atoms with E-state index in [9.17, 15) is 5.11 Å². The Morgan fingerprint density at radius 1 is 1.19 bits per heavy atom. The normalized spacial score (nSPS) is 17.7. The molecule has 1 aromatic carbocycles. The maximum Gasteiger partial charge on any atom is 0.116 e. The number of piperazine rings is 1. The number of aliphatic hydroxyl groups excluding tert-OH is 1. The smallest absolute Gasteiger partial charge is 0.116 e. The summed E-state index contributed by atoms with van der Waals surface area (Å²) in [5, 5.41) is 18.0. The molecule has 1 heterocycles. The average Bonchev–Trinajstić information content (AvgIpc) is 2.32. The standard InChI is InChI=1S/C12H17N2O2/c15-10-9-13-5-7-14(8-6-13)11-1-3-12(16)4-2-11/h1,3-4,15-16H,5-10H2. The summed E-state index contributed by atoms with van der Waals surface area (Å²) in [4.78, 5) is 4.49. The Bertz CT molecular complexity index is 318. The number of phenolic OH excluding ortho intramolecular Hbond substituents is 1. The van der Waals surface area contributed by atoms with Crippen molar-refractivity contribution in [2.45, 2.75) is 0 Å². The lowest BCUT2D eigenvalue weighted by atomic mass is 10.2. The number of rotatable bonds is 3. The number of aromatic hydroxyl groups is 1. The van der Waals surface area contributed by atoms with Gasteiger partial charge in [0, 0.05) is 44.5 Å². The van der Waals surface area contributed by atoms with E-state index in [4.69, 9.17) is 5.11 Å². The van der Waals surface area contributed by atoms with Crippen LogP contribution in [0.4, 0.5) is 5.69 Å². The molecule has 87 valence electrons. The van der Waals surface area contributed by atoms with E-state index >= 15 is 0 Å². The van der Waals surface area contributed by atoms with Crippen LogP contribution in [0, 0.1) is 6.07 Å². The zero-order valence-corrected chi connectivity index (χ0v) is 9.26. The van der Waals surface area contributed by atoms with Crippen molar-refractivity contribution in [2.75, 3.05) is 44.2 Å². The van der Waals surface area contributed by atoms with Gasteiger partial charge in [-0.25, -0.2) is 0 Å². The second kappa shape index (κ2) is 5.18. The third-order valence-electron chi connectivity index (χ3n) is 2.91. The van der Waals surface area contributed by atoms with Crippen molar-refractivity contribution in [2.24, 2.45) is 0 Å². The lowest BCUT2D eigenvalue weighted by Gasteiger charge is -2.35. The Kier molecular flexibility index (Phi) is 3.64. The van der Waals surface area contributed by atoms with Crippen molar-refractivity contribution in [3.8, 4) is 5.75 Å². The van der Waals surface area contributed by atoms with Gasteiger partial charge in [-0.3, -0.25) is 4.90 Å². The van der Waals surface area contributed by atoms with Gasteiger partial charge in [0.1, 0.15) is 5.75 Å². The molecule has 1 aliphatic rings. The molecule has 4 nitrogen and oxygen atoms in total. The van der Waals surface area contributed by atoms with Gasteiger partial charge in [0.25, 0.3) is 0 Å². The van der Waals surface area contributed by atoms with Crippen LogP contribution in [0.15, 0.2) is 18.2 Å². The summed E-state index contributed by atoms with van der Waals surface area (Å²) in [7, 11) is 0. The second-order valence-electron chi connectivity index (χ2n) is 3.98. The predicted molar refractivity (Wildman–Crippen MR) is 62.7 cm³/mol. The molecule has 0 aliphatic carbocycles. The molecule has 1 radical (unpaired) electrons. The molecule has 1 aromatic rings. The zero-order valence-electron chi connectivity index (χ0n) is 9.26. The molecule has 0 spiro atoms. The Labute approximate surface area is 95.7 Å². The minimum absolute atomic E-state index is 0.228. The van der Waals surface area contributed by atoms with Gasteiger partial charge in [0.05, 0.1) is 6.61 Å². The maximum atomic E-state index is 9.18. The monoisotopic (exact) mass is 221 g/mol. The Balaban J connectivity index is 1.91. The van der Waals surface area contributed by atoms with Crippen molar-refractivity contribution in [3.63, 3.8) is 0 Å². The minimum Gasteiger partial charge on any atom is -0.508 e. The highest BCUT2D eigenvalue weighted by Crippen LogP contribution is 2.18. The highest BCUT2D eigenvalue weighted by Gasteiger charge is 2.16. The molecule has 1 fully saturated rings. The van der Waals surface area contributed by atoms with Crippen LogP contribution in [0.25, 0.3) is 0 Å². The van der Waals surface area contributed by atoms with E-state index < -0.39 is 0 Å². The molecular weight excluding hydrogens is 204 g/mol. The molecule has 16 heavy (non-hydrogen) atoms. The van der Waals surface area contributed by atoms with Gasteiger partial charge < -0.3 is 15.1 Å². The largest absolute Gasteiger partial charge is 0.508 e. The molecule has 0 atom stereocenters. The third kappa shape index (κ3) is 2.65. The van der Waals surface area contributed by atoms with E-state index in [1.165, 1.54) is 0 Å². The lowest BCUT2D eigenvalue weighted by Crippen LogP contribution is -2.47. The van der Waals surface area contributed by atoms with Crippen LogP contribution in [0.1, 0.15) is 0 Å². The van der Waals surface area contributed by atoms with Crippen molar-refractivity contribution >= 4 is 5.69 Å². The fourth-order valence-corrected chi connectivity index (χ4v) is 1.96. The summed E-state index contributed by atoms with van der Waals surface area (Å²) in [6.07, 6.45) is 0. The Morgan fingerprint density at radius 2 is 1.94 bits per heavy atom. The average molecular weight is 221 g/mol. The van der Waals surface area contributed by atoms with E-state index in [1.807, 2.05) is 6.07 Å². The fraction of sp³-hybridized carbons (Fsp3) is 0.500. The summed E-state index contributed by atoms with van der Waals surface area (Å²) in [6.45, 7) is 4.81. The first kappa shape index (κ1) is 11.2. The van der Waals surface area contributed by atoms with E-state index in [0.29, 0.717) is 0 Å². The van der Waals surface area contributed by atoms with E-state index in [2.05, 4.69) is 15.9 Å². The van der Waals surface area contributed by atoms with Crippen molar-refractivity contribution in [1.29, 1.82) is 0 Å². The van der Waals surface area contributed by atoms with Crippen LogP contribution in [-0.4, -0.2) is 54.4 Å². The van der Waals surface area contributed by atoms with Gasteiger partial charge in [0.2, 0.25) is 0 Å². The first-order chi connectivity index (χ1) is 7.79. The number of hydrogen-bond acceptors (Lipinski definition) is 4. The zero-order chi connectivity index (χ0) is 11.4. The summed E-state index contributed by atoms with van der Waals surface area (Å²) in [6, 6.07) is 8.23. The van der Waals surface area contributed by atoms with Gasteiger partial charge in [-0.1, -0.05) is 0 Å². The van der Waals surface area contributed by atoms with E-state index in [1.54, 1.807) is 12.1 Å². The van der Waals surface area contributed by atoms with Crippen LogP contribution in [0.3, 0.4) is 0 Å². The molecule has 0 unspecified atom stereocenters.